The lowest BCUT2D eigenvalue weighted by Gasteiger charge is -2.05. The molecule has 0 aliphatic carbocycles. The summed E-state index contributed by atoms with van der Waals surface area (Å²) < 4.78 is 18.8. The van der Waals surface area contributed by atoms with Crippen molar-refractivity contribution in [1.82, 2.24) is 10.1 Å². The third-order valence-electron chi connectivity index (χ3n) is 3.41. The number of benzene rings is 1. The molecule has 0 radical (unpaired) electrons. The molecule has 0 bridgehead atoms. The molecule has 2 aromatic heterocycles. The fraction of sp³-hybridized carbons (Fsp3) is 0.250. The Labute approximate surface area is 138 Å². The Balaban J connectivity index is 1.78. The lowest BCUT2D eigenvalue weighted by molar-refractivity contribution is 0.184. The summed E-state index contributed by atoms with van der Waals surface area (Å²) in [6.45, 7) is 2.60. The molecule has 1 N–H and O–H groups in total. The maximum Gasteiger partial charge on any atom is 0.212 e. The Hall–Kier alpha value is -2.25. The van der Waals surface area contributed by atoms with Crippen LogP contribution in [0.4, 0.5) is 5.82 Å². The summed E-state index contributed by atoms with van der Waals surface area (Å²) in [5.41, 5.74) is 2.97. The topological polar surface area (TPSA) is 69.4 Å². The molecule has 0 atom stereocenters. The van der Waals surface area contributed by atoms with Crippen LogP contribution in [0, 0.1) is 6.92 Å². The average molecular weight is 331 g/mol. The Bertz CT molecular complexity index is 802. The van der Waals surface area contributed by atoms with Crippen molar-refractivity contribution in [2.75, 3.05) is 18.9 Å². The minimum atomic E-state index is 0.553. The zero-order valence-corrected chi connectivity index (χ0v) is 13.9. The predicted octanol–water partition coefficient (Wildman–Crippen LogP) is 3.81. The van der Waals surface area contributed by atoms with Crippen LogP contribution >= 0.6 is 11.9 Å². The molecule has 0 aliphatic heterocycles. The van der Waals surface area contributed by atoms with E-state index in [9.17, 15) is 0 Å². The molecular formula is C16H17N3O3S. The molecule has 0 saturated carbocycles. The van der Waals surface area contributed by atoms with Gasteiger partial charge in [0.05, 0.1) is 19.1 Å². The smallest absolute Gasteiger partial charge is 0.212 e. The van der Waals surface area contributed by atoms with Crippen molar-refractivity contribution < 1.29 is 14.0 Å². The number of hydrogen-bond acceptors (Lipinski definition) is 7. The van der Waals surface area contributed by atoms with Gasteiger partial charge >= 0.3 is 0 Å². The first kappa shape index (κ1) is 15.6. The van der Waals surface area contributed by atoms with Crippen LogP contribution in [0.1, 0.15) is 11.1 Å². The first-order valence-corrected chi connectivity index (χ1v) is 7.83. The first-order valence-electron chi connectivity index (χ1n) is 7.02. The average Bonchev–Trinajstić information content (AvgIpc) is 2.96. The number of aryl methyl sites for hydroxylation is 1. The van der Waals surface area contributed by atoms with Crippen LogP contribution in [-0.4, -0.2) is 24.4 Å². The van der Waals surface area contributed by atoms with E-state index in [1.165, 1.54) is 11.9 Å². The second kappa shape index (κ2) is 6.89. The van der Waals surface area contributed by atoms with Gasteiger partial charge in [-0.25, -0.2) is 4.98 Å². The van der Waals surface area contributed by atoms with E-state index < -0.39 is 0 Å². The SMILES string of the molecule is COCc1cc2onc(NSc3ccc(OC)nc3)c2cc1C. The predicted molar refractivity (Wildman–Crippen MR) is 89.7 cm³/mol. The molecule has 0 unspecified atom stereocenters. The van der Waals surface area contributed by atoms with Crippen LogP contribution in [0.2, 0.25) is 0 Å². The standard InChI is InChI=1S/C16H17N3O3S/c1-10-6-13-14(7-11(10)9-20-2)22-18-16(13)19-23-12-4-5-15(21-3)17-8-12/h4-8H,9H2,1-3H3,(H,18,19). The molecular weight excluding hydrogens is 314 g/mol. The monoisotopic (exact) mass is 331 g/mol. The van der Waals surface area contributed by atoms with Gasteiger partial charge in [0.1, 0.15) is 0 Å². The molecule has 0 aliphatic rings. The summed E-state index contributed by atoms with van der Waals surface area (Å²) in [6, 6.07) is 7.75. The normalized spacial score (nSPS) is 10.9. The molecule has 0 saturated heterocycles. The van der Waals surface area contributed by atoms with E-state index in [1.807, 2.05) is 25.1 Å². The zero-order valence-electron chi connectivity index (χ0n) is 13.1. The zero-order chi connectivity index (χ0) is 16.2. The molecule has 120 valence electrons. The molecule has 7 heteroatoms. The van der Waals surface area contributed by atoms with Crippen LogP contribution in [0.5, 0.6) is 5.88 Å². The van der Waals surface area contributed by atoms with Crippen LogP contribution in [0.25, 0.3) is 11.0 Å². The minimum absolute atomic E-state index is 0.553. The molecule has 3 aromatic rings. The van der Waals surface area contributed by atoms with Crippen molar-refractivity contribution in [2.24, 2.45) is 0 Å². The maximum absolute atomic E-state index is 5.40. The van der Waals surface area contributed by atoms with Crippen molar-refractivity contribution in [3.63, 3.8) is 0 Å². The molecule has 2 heterocycles. The number of fused-ring (bicyclic) bond motifs is 1. The molecule has 0 amide bonds. The third kappa shape index (κ3) is 3.40. The second-order valence-corrected chi connectivity index (χ2v) is 5.86. The Morgan fingerprint density at radius 3 is 2.83 bits per heavy atom. The molecule has 0 spiro atoms. The van der Waals surface area contributed by atoms with Gasteiger partial charge in [-0.15, -0.1) is 0 Å². The number of anilines is 1. The summed E-state index contributed by atoms with van der Waals surface area (Å²) in [4.78, 5) is 5.12. The van der Waals surface area contributed by atoms with E-state index in [-0.39, 0.29) is 0 Å². The molecule has 0 fully saturated rings. The van der Waals surface area contributed by atoms with Gasteiger partial charge < -0.3 is 18.7 Å². The first-order chi connectivity index (χ1) is 11.2. The van der Waals surface area contributed by atoms with Crippen LogP contribution in [0.15, 0.2) is 39.9 Å². The van der Waals surface area contributed by atoms with Gasteiger partial charge in [0, 0.05) is 24.3 Å². The van der Waals surface area contributed by atoms with Gasteiger partial charge in [-0.2, -0.15) is 0 Å². The van der Waals surface area contributed by atoms with E-state index in [2.05, 4.69) is 20.9 Å². The van der Waals surface area contributed by atoms with E-state index in [0.29, 0.717) is 18.3 Å². The second-order valence-electron chi connectivity index (χ2n) is 4.98. The highest BCUT2D eigenvalue weighted by Crippen LogP contribution is 2.30. The van der Waals surface area contributed by atoms with Crippen molar-refractivity contribution in [2.45, 2.75) is 18.4 Å². The number of aromatic nitrogens is 2. The number of hydrogen-bond donors (Lipinski definition) is 1. The van der Waals surface area contributed by atoms with E-state index in [4.69, 9.17) is 14.0 Å². The van der Waals surface area contributed by atoms with Gasteiger partial charge in [-0.05, 0) is 48.2 Å². The molecule has 6 nitrogen and oxygen atoms in total. The number of pyridine rings is 1. The van der Waals surface area contributed by atoms with Crippen molar-refractivity contribution in [1.29, 1.82) is 0 Å². The van der Waals surface area contributed by atoms with E-state index >= 15 is 0 Å². The lowest BCUT2D eigenvalue weighted by atomic mass is 10.1. The van der Waals surface area contributed by atoms with Gasteiger partial charge in [0.2, 0.25) is 5.88 Å². The Morgan fingerprint density at radius 1 is 1.26 bits per heavy atom. The third-order valence-corrected chi connectivity index (χ3v) is 4.18. The number of rotatable bonds is 6. The fourth-order valence-electron chi connectivity index (χ4n) is 2.17. The van der Waals surface area contributed by atoms with Crippen LogP contribution < -0.4 is 9.46 Å². The largest absolute Gasteiger partial charge is 0.481 e. The Kier molecular flexibility index (Phi) is 4.68. The van der Waals surface area contributed by atoms with Crippen molar-refractivity contribution >= 4 is 28.7 Å². The Morgan fingerprint density at radius 2 is 2.13 bits per heavy atom. The highest BCUT2D eigenvalue weighted by Gasteiger charge is 2.11. The number of ether oxygens (including phenoxy) is 2. The van der Waals surface area contributed by atoms with E-state index in [1.54, 1.807) is 20.4 Å². The van der Waals surface area contributed by atoms with Crippen LogP contribution in [0.3, 0.4) is 0 Å². The number of nitrogens with one attached hydrogen (secondary N) is 1. The van der Waals surface area contributed by atoms with Gasteiger partial charge in [0.25, 0.3) is 0 Å². The fourth-order valence-corrected chi connectivity index (χ4v) is 2.78. The van der Waals surface area contributed by atoms with Gasteiger partial charge in [-0.3, -0.25) is 0 Å². The summed E-state index contributed by atoms with van der Waals surface area (Å²) in [5, 5.41) is 5.03. The van der Waals surface area contributed by atoms with Crippen molar-refractivity contribution in [3.8, 4) is 5.88 Å². The summed E-state index contributed by atoms with van der Waals surface area (Å²) in [6.07, 6.45) is 1.74. The molecule has 23 heavy (non-hydrogen) atoms. The summed E-state index contributed by atoms with van der Waals surface area (Å²) in [5.74, 6) is 1.27. The molecule has 3 rings (SSSR count). The molecule has 1 aromatic carbocycles. The highest BCUT2D eigenvalue weighted by molar-refractivity contribution is 8.00. The highest BCUT2D eigenvalue weighted by atomic mass is 32.2. The van der Waals surface area contributed by atoms with Crippen molar-refractivity contribution in [3.05, 3.63) is 41.6 Å². The lowest BCUT2D eigenvalue weighted by Crippen LogP contribution is -1.92. The number of nitrogens with zero attached hydrogens (tertiary/aromatic N) is 2. The van der Waals surface area contributed by atoms with Gasteiger partial charge in [0.15, 0.2) is 11.4 Å². The quantitative estimate of drug-likeness (QED) is 0.689. The maximum atomic E-state index is 5.40. The van der Waals surface area contributed by atoms with Crippen LogP contribution in [-0.2, 0) is 11.3 Å². The van der Waals surface area contributed by atoms with E-state index in [0.717, 1.165) is 27.0 Å². The minimum Gasteiger partial charge on any atom is -0.481 e. The summed E-state index contributed by atoms with van der Waals surface area (Å²) in [7, 11) is 3.27. The van der Waals surface area contributed by atoms with Gasteiger partial charge in [-0.1, -0.05) is 5.16 Å². The number of methoxy groups -OCH3 is 2. The summed E-state index contributed by atoms with van der Waals surface area (Å²) >= 11 is 1.42.